The fourth-order valence-corrected chi connectivity index (χ4v) is 6.33. The molecule has 0 atom stereocenters. The van der Waals surface area contributed by atoms with E-state index in [2.05, 4.69) is 45.0 Å². The zero-order valence-electron chi connectivity index (χ0n) is 8.17. The fourth-order valence-electron chi connectivity index (χ4n) is 1.34. The number of hydrogen-bond acceptors (Lipinski definition) is 0. The summed E-state index contributed by atoms with van der Waals surface area (Å²) >= 11 is -0.995. The van der Waals surface area contributed by atoms with Gasteiger partial charge in [-0.2, -0.15) is 0 Å². The van der Waals surface area contributed by atoms with Gasteiger partial charge in [-0.05, 0) is 0 Å². The molecule has 0 aliphatic carbocycles. The van der Waals surface area contributed by atoms with Crippen LogP contribution in [0, 0.1) is 6.92 Å². The van der Waals surface area contributed by atoms with Gasteiger partial charge in [0.15, 0.2) is 0 Å². The third-order valence-corrected chi connectivity index (χ3v) is 9.46. The van der Waals surface area contributed by atoms with Crippen LogP contribution in [0.5, 0.6) is 0 Å². The van der Waals surface area contributed by atoms with Crippen molar-refractivity contribution in [3.8, 4) is 0 Å². The van der Waals surface area contributed by atoms with Gasteiger partial charge in [0.25, 0.3) is 0 Å². The Bertz CT molecular complexity index is 221. The van der Waals surface area contributed by atoms with E-state index >= 15 is 0 Å². The van der Waals surface area contributed by atoms with Gasteiger partial charge in [-0.3, -0.25) is 0 Å². The Hall–Kier alpha value is 0.0382. The number of benzene rings is 1. The SMILES string of the molecule is C[CH2][Sb]([CH2]C)[c]1ccc(C)cc1. The van der Waals surface area contributed by atoms with Gasteiger partial charge in [-0.15, -0.1) is 0 Å². The maximum atomic E-state index is 2.34. The van der Waals surface area contributed by atoms with Crippen LogP contribution >= 0.6 is 0 Å². The normalized spacial score (nSPS) is 10.7. The summed E-state index contributed by atoms with van der Waals surface area (Å²) in [5.74, 6) is 0. The Balaban J connectivity index is 2.80. The molecule has 0 bridgehead atoms. The summed E-state index contributed by atoms with van der Waals surface area (Å²) in [7, 11) is 0. The average molecular weight is 271 g/mol. The van der Waals surface area contributed by atoms with Crippen LogP contribution in [0.4, 0.5) is 0 Å². The molecular weight excluding hydrogens is 254 g/mol. The Morgan fingerprint density at radius 2 is 1.50 bits per heavy atom. The monoisotopic (exact) mass is 270 g/mol. The van der Waals surface area contributed by atoms with E-state index in [1.54, 1.807) is 3.51 Å². The van der Waals surface area contributed by atoms with Crippen molar-refractivity contribution in [2.75, 3.05) is 0 Å². The second-order valence-corrected chi connectivity index (χ2v) is 11.2. The Labute approximate surface area is 83.0 Å². The van der Waals surface area contributed by atoms with Gasteiger partial charge in [-0.1, -0.05) is 0 Å². The zero-order chi connectivity index (χ0) is 8.97. The van der Waals surface area contributed by atoms with E-state index in [9.17, 15) is 0 Å². The van der Waals surface area contributed by atoms with Crippen LogP contribution < -0.4 is 3.51 Å². The summed E-state index contributed by atoms with van der Waals surface area (Å²) in [4.78, 5) is 0. The van der Waals surface area contributed by atoms with Crippen LogP contribution in [-0.4, -0.2) is 20.2 Å². The molecule has 0 saturated heterocycles. The molecule has 0 saturated carbocycles. The molecule has 1 rings (SSSR count). The molecule has 0 unspecified atom stereocenters. The molecule has 12 heavy (non-hydrogen) atoms. The Kier molecular flexibility index (Phi) is 4.15. The third-order valence-electron chi connectivity index (χ3n) is 2.16. The van der Waals surface area contributed by atoms with E-state index < -0.39 is 20.2 Å². The fraction of sp³-hybridized carbons (Fsp3) is 0.455. The van der Waals surface area contributed by atoms with Crippen molar-refractivity contribution in [2.24, 2.45) is 0 Å². The number of hydrogen-bond donors (Lipinski definition) is 0. The second-order valence-electron chi connectivity index (χ2n) is 3.01. The predicted molar refractivity (Wildman–Crippen MR) is 57.5 cm³/mol. The summed E-state index contributed by atoms with van der Waals surface area (Å²) in [5, 5.41) is 0. The van der Waals surface area contributed by atoms with Crippen LogP contribution in [0.3, 0.4) is 0 Å². The molecule has 0 aliphatic heterocycles. The molecule has 1 aromatic rings. The molecule has 0 radical (unpaired) electrons. The minimum absolute atomic E-state index is 0.995. The van der Waals surface area contributed by atoms with Gasteiger partial charge in [-0.25, -0.2) is 0 Å². The minimum atomic E-state index is -0.995. The van der Waals surface area contributed by atoms with Gasteiger partial charge in [0.1, 0.15) is 0 Å². The van der Waals surface area contributed by atoms with Crippen molar-refractivity contribution < 1.29 is 0 Å². The molecule has 0 amide bonds. The van der Waals surface area contributed by atoms with Crippen molar-refractivity contribution >= 4 is 23.7 Å². The van der Waals surface area contributed by atoms with E-state index in [0.29, 0.717) is 0 Å². The number of aryl methyl sites for hydroxylation is 1. The molecule has 0 N–H and O–H groups in total. The predicted octanol–water partition coefficient (Wildman–Crippen LogP) is 2.74. The standard InChI is InChI=1S/C7H7.2C2H5.Sb/c1-7-5-3-2-4-6-7;2*1-2;/h3-6H,1H3;2*1H2,2H3;. The molecule has 0 aromatic heterocycles. The van der Waals surface area contributed by atoms with E-state index in [-0.39, 0.29) is 0 Å². The van der Waals surface area contributed by atoms with Gasteiger partial charge in [0.2, 0.25) is 0 Å². The molecule has 0 fully saturated rings. The maximum absolute atomic E-state index is 2.34. The summed E-state index contributed by atoms with van der Waals surface area (Å²) in [5.41, 5.74) is 1.38. The van der Waals surface area contributed by atoms with Crippen molar-refractivity contribution in [2.45, 2.75) is 29.5 Å². The molecule has 0 heterocycles. The molecule has 1 heteroatoms. The zero-order valence-corrected chi connectivity index (χ0v) is 10.7. The van der Waals surface area contributed by atoms with Crippen LogP contribution in [0.15, 0.2) is 24.3 Å². The first-order valence-electron chi connectivity index (χ1n) is 4.59. The summed E-state index contributed by atoms with van der Waals surface area (Å²) in [6.07, 6.45) is 0. The van der Waals surface area contributed by atoms with Crippen LogP contribution in [0.25, 0.3) is 0 Å². The molecule has 1 aromatic carbocycles. The van der Waals surface area contributed by atoms with Crippen LogP contribution in [0.2, 0.25) is 8.73 Å². The van der Waals surface area contributed by atoms with Crippen molar-refractivity contribution in [3.63, 3.8) is 0 Å². The van der Waals surface area contributed by atoms with Crippen LogP contribution in [-0.2, 0) is 0 Å². The van der Waals surface area contributed by atoms with E-state index in [0.717, 1.165) is 0 Å². The van der Waals surface area contributed by atoms with Gasteiger partial charge in [0, 0.05) is 0 Å². The molecule has 66 valence electrons. The van der Waals surface area contributed by atoms with Crippen LogP contribution in [0.1, 0.15) is 19.4 Å². The second kappa shape index (κ2) is 4.92. The van der Waals surface area contributed by atoms with Crippen molar-refractivity contribution in [1.29, 1.82) is 0 Å². The van der Waals surface area contributed by atoms with Gasteiger partial charge >= 0.3 is 83.1 Å². The van der Waals surface area contributed by atoms with Crippen molar-refractivity contribution in [3.05, 3.63) is 29.8 Å². The van der Waals surface area contributed by atoms with Gasteiger partial charge in [0.05, 0.1) is 0 Å². The van der Waals surface area contributed by atoms with Crippen molar-refractivity contribution in [1.82, 2.24) is 0 Å². The third kappa shape index (κ3) is 2.52. The molecule has 0 nitrogen and oxygen atoms in total. The molecular formula is C11H17Sb. The van der Waals surface area contributed by atoms with E-state index in [1.165, 1.54) is 14.3 Å². The summed E-state index contributed by atoms with van der Waals surface area (Å²) in [6, 6.07) is 9.17. The average Bonchev–Trinajstić information content (AvgIpc) is 2.10. The molecule has 0 spiro atoms. The Morgan fingerprint density at radius 1 is 1.00 bits per heavy atom. The molecule has 0 aliphatic rings. The van der Waals surface area contributed by atoms with Gasteiger partial charge < -0.3 is 0 Å². The first-order valence-corrected chi connectivity index (χ1v) is 9.48. The summed E-state index contributed by atoms with van der Waals surface area (Å²) < 4.78 is 4.54. The number of rotatable bonds is 3. The Morgan fingerprint density at radius 3 is 1.92 bits per heavy atom. The topological polar surface area (TPSA) is 0 Å². The summed E-state index contributed by atoms with van der Waals surface area (Å²) in [6.45, 7) is 6.83. The van der Waals surface area contributed by atoms with E-state index in [1.807, 2.05) is 0 Å². The van der Waals surface area contributed by atoms with E-state index in [4.69, 9.17) is 0 Å². The first-order chi connectivity index (χ1) is 5.77. The quantitative estimate of drug-likeness (QED) is 0.741. The first kappa shape index (κ1) is 10.1.